The molecule has 0 spiro atoms. The highest BCUT2D eigenvalue weighted by Crippen LogP contribution is 2.08. The van der Waals surface area contributed by atoms with Crippen molar-refractivity contribution in [1.82, 2.24) is 14.9 Å². The number of para-hydroxylation sites is 1. The maximum atomic E-state index is 12.7. The van der Waals surface area contributed by atoms with Gasteiger partial charge in [0.1, 0.15) is 12.4 Å². The molecular weight excluding hydrogens is 302 g/mol. The summed E-state index contributed by atoms with van der Waals surface area (Å²) in [5.74, 6) is 0.418. The first-order valence-electron chi connectivity index (χ1n) is 7.98. The molecule has 0 atom stereocenters. The molecule has 0 saturated heterocycles. The lowest BCUT2D eigenvalue weighted by atomic mass is 10.2. The molecule has 3 rings (SSSR count). The van der Waals surface area contributed by atoms with Gasteiger partial charge in [-0.25, -0.2) is 4.98 Å². The SMILES string of the molecule is CCc1nc2ccccc2c(=O)n1CC(=O)NCc1ccccc1. The van der Waals surface area contributed by atoms with Crippen LogP contribution in [0.15, 0.2) is 59.4 Å². The van der Waals surface area contributed by atoms with Gasteiger partial charge in [-0.05, 0) is 17.7 Å². The van der Waals surface area contributed by atoms with Crippen LogP contribution in [-0.4, -0.2) is 15.5 Å². The van der Waals surface area contributed by atoms with E-state index in [0.29, 0.717) is 29.7 Å². The lowest BCUT2D eigenvalue weighted by Crippen LogP contribution is -2.34. The predicted octanol–water partition coefficient (Wildman–Crippen LogP) is 2.28. The number of benzene rings is 2. The maximum Gasteiger partial charge on any atom is 0.261 e. The average Bonchev–Trinajstić information content (AvgIpc) is 2.63. The summed E-state index contributed by atoms with van der Waals surface area (Å²) in [4.78, 5) is 29.4. The van der Waals surface area contributed by atoms with Gasteiger partial charge < -0.3 is 5.32 Å². The smallest absolute Gasteiger partial charge is 0.261 e. The van der Waals surface area contributed by atoms with Crippen molar-refractivity contribution in [3.8, 4) is 0 Å². The molecule has 1 amide bonds. The van der Waals surface area contributed by atoms with Crippen LogP contribution in [0.25, 0.3) is 10.9 Å². The Morgan fingerprint density at radius 2 is 1.79 bits per heavy atom. The van der Waals surface area contributed by atoms with E-state index >= 15 is 0 Å². The molecule has 3 aromatic rings. The van der Waals surface area contributed by atoms with Gasteiger partial charge in [-0.1, -0.05) is 49.4 Å². The second-order valence-electron chi connectivity index (χ2n) is 5.55. The van der Waals surface area contributed by atoms with E-state index in [4.69, 9.17) is 0 Å². The summed E-state index contributed by atoms with van der Waals surface area (Å²) in [6.45, 7) is 2.35. The van der Waals surface area contributed by atoms with Crippen LogP contribution in [0.4, 0.5) is 0 Å². The second kappa shape index (κ2) is 7.08. The van der Waals surface area contributed by atoms with E-state index < -0.39 is 0 Å². The molecular formula is C19H19N3O2. The summed E-state index contributed by atoms with van der Waals surface area (Å²) in [6.07, 6.45) is 0.589. The molecule has 0 aliphatic rings. The van der Waals surface area contributed by atoms with Crippen LogP contribution in [0.5, 0.6) is 0 Å². The largest absolute Gasteiger partial charge is 0.350 e. The molecule has 2 aromatic carbocycles. The quantitative estimate of drug-likeness (QED) is 0.784. The minimum absolute atomic E-state index is 0.0212. The van der Waals surface area contributed by atoms with E-state index in [-0.39, 0.29) is 18.0 Å². The van der Waals surface area contributed by atoms with Crippen LogP contribution in [0, 0.1) is 0 Å². The molecule has 0 bridgehead atoms. The second-order valence-corrected chi connectivity index (χ2v) is 5.55. The monoisotopic (exact) mass is 321 g/mol. The van der Waals surface area contributed by atoms with Gasteiger partial charge in [0, 0.05) is 13.0 Å². The standard InChI is InChI=1S/C19H19N3O2/c1-2-17-21-16-11-7-6-10-15(16)19(24)22(17)13-18(23)20-12-14-8-4-3-5-9-14/h3-11H,2,12-13H2,1H3,(H,20,23). The van der Waals surface area contributed by atoms with Crippen molar-refractivity contribution in [2.24, 2.45) is 0 Å². The fraction of sp³-hybridized carbons (Fsp3) is 0.211. The Balaban J connectivity index is 1.82. The molecule has 1 heterocycles. The Morgan fingerprint density at radius 3 is 2.54 bits per heavy atom. The summed E-state index contributed by atoms with van der Waals surface area (Å²) in [5.41, 5.74) is 1.51. The summed E-state index contributed by atoms with van der Waals surface area (Å²) in [6, 6.07) is 16.9. The van der Waals surface area contributed by atoms with E-state index in [2.05, 4.69) is 10.3 Å². The molecule has 1 N–H and O–H groups in total. The van der Waals surface area contributed by atoms with E-state index in [0.717, 1.165) is 5.56 Å². The minimum Gasteiger partial charge on any atom is -0.350 e. The number of rotatable bonds is 5. The number of fused-ring (bicyclic) bond motifs is 1. The third-order valence-corrected chi connectivity index (χ3v) is 3.89. The average molecular weight is 321 g/mol. The molecule has 0 fully saturated rings. The van der Waals surface area contributed by atoms with Gasteiger partial charge in [-0.15, -0.1) is 0 Å². The maximum absolute atomic E-state index is 12.7. The topological polar surface area (TPSA) is 64.0 Å². The Hall–Kier alpha value is -2.95. The fourth-order valence-electron chi connectivity index (χ4n) is 2.64. The molecule has 5 heteroatoms. The number of hydrogen-bond donors (Lipinski definition) is 1. The first-order chi connectivity index (χ1) is 11.7. The van der Waals surface area contributed by atoms with Crippen molar-refractivity contribution in [3.63, 3.8) is 0 Å². The van der Waals surface area contributed by atoms with Crippen molar-refractivity contribution in [2.75, 3.05) is 0 Å². The highest BCUT2D eigenvalue weighted by molar-refractivity contribution is 5.79. The normalized spacial score (nSPS) is 10.7. The first-order valence-corrected chi connectivity index (χ1v) is 7.98. The Labute approximate surface area is 140 Å². The molecule has 122 valence electrons. The van der Waals surface area contributed by atoms with Gasteiger partial charge in [-0.2, -0.15) is 0 Å². The number of carbonyl (C=O) groups excluding carboxylic acids is 1. The number of carbonyl (C=O) groups is 1. The molecule has 0 aliphatic heterocycles. The lowest BCUT2D eigenvalue weighted by Gasteiger charge is -2.12. The molecule has 0 aliphatic carbocycles. The Kier molecular flexibility index (Phi) is 4.70. The van der Waals surface area contributed by atoms with Gasteiger partial charge >= 0.3 is 0 Å². The number of amides is 1. The van der Waals surface area contributed by atoms with E-state index in [1.54, 1.807) is 12.1 Å². The van der Waals surface area contributed by atoms with Gasteiger partial charge in [0.25, 0.3) is 5.56 Å². The third kappa shape index (κ3) is 3.35. The van der Waals surface area contributed by atoms with Crippen molar-refractivity contribution in [2.45, 2.75) is 26.4 Å². The van der Waals surface area contributed by atoms with E-state index in [1.807, 2.05) is 49.4 Å². The number of nitrogens with zero attached hydrogens (tertiary/aromatic N) is 2. The van der Waals surface area contributed by atoms with Crippen LogP contribution < -0.4 is 10.9 Å². The molecule has 0 saturated carbocycles. The van der Waals surface area contributed by atoms with Crippen LogP contribution in [0.3, 0.4) is 0 Å². The third-order valence-electron chi connectivity index (χ3n) is 3.89. The molecule has 5 nitrogen and oxygen atoms in total. The van der Waals surface area contributed by atoms with Gasteiger partial charge in [0.05, 0.1) is 10.9 Å². The highest BCUT2D eigenvalue weighted by Gasteiger charge is 2.12. The zero-order valence-electron chi connectivity index (χ0n) is 13.5. The van der Waals surface area contributed by atoms with Crippen LogP contribution in [0.1, 0.15) is 18.3 Å². The van der Waals surface area contributed by atoms with Crippen LogP contribution in [0.2, 0.25) is 0 Å². The van der Waals surface area contributed by atoms with Crippen molar-refractivity contribution < 1.29 is 4.79 Å². The predicted molar refractivity (Wildman–Crippen MR) is 93.7 cm³/mol. The summed E-state index contributed by atoms with van der Waals surface area (Å²) in [5, 5.41) is 3.38. The van der Waals surface area contributed by atoms with E-state index in [9.17, 15) is 9.59 Å². The minimum atomic E-state index is -0.201. The summed E-state index contributed by atoms with van der Waals surface area (Å²) >= 11 is 0. The van der Waals surface area contributed by atoms with Gasteiger partial charge in [0.2, 0.25) is 5.91 Å². The molecule has 0 radical (unpaired) electrons. The van der Waals surface area contributed by atoms with Crippen LogP contribution in [-0.2, 0) is 24.3 Å². The number of aromatic nitrogens is 2. The highest BCUT2D eigenvalue weighted by atomic mass is 16.2. The zero-order valence-corrected chi connectivity index (χ0v) is 13.5. The molecule has 1 aromatic heterocycles. The fourth-order valence-corrected chi connectivity index (χ4v) is 2.64. The van der Waals surface area contributed by atoms with Gasteiger partial charge in [-0.3, -0.25) is 14.2 Å². The number of hydrogen-bond acceptors (Lipinski definition) is 3. The first kappa shape index (κ1) is 15.9. The number of nitrogens with one attached hydrogen (secondary N) is 1. The Bertz CT molecular complexity index is 917. The van der Waals surface area contributed by atoms with Crippen molar-refractivity contribution in [1.29, 1.82) is 0 Å². The zero-order chi connectivity index (χ0) is 16.9. The summed E-state index contributed by atoms with van der Waals surface area (Å²) < 4.78 is 1.46. The lowest BCUT2D eigenvalue weighted by molar-refractivity contribution is -0.121. The van der Waals surface area contributed by atoms with Crippen LogP contribution >= 0.6 is 0 Å². The summed E-state index contributed by atoms with van der Waals surface area (Å²) in [7, 11) is 0. The van der Waals surface area contributed by atoms with E-state index in [1.165, 1.54) is 4.57 Å². The van der Waals surface area contributed by atoms with Gasteiger partial charge in [0.15, 0.2) is 0 Å². The number of aryl methyl sites for hydroxylation is 1. The van der Waals surface area contributed by atoms with Crippen molar-refractivity contribution >= 4 is 16.8 Å². The molecule has 0 unspecified atom stereocenters. The Morgan fingerprint density at radius 1 is 1.08 bits per heavy atom. The molecule has 24 heavy (non-hydrogen) atoms. The van der Waals surface area contributed by atoms with Crippen molar-refractivity contribution in [3.05, 3.63) is 76.3 Å².